The molecule has 2 N–H and O–H groups in total. The highest BCUT2D eigenvalue weighted by Gasteiger charge is 2.45. The first kappa shape index (κ1) is 23.6. The Hall–Kier alpha value is -1.72. The summed E-state index contributed by atoms with van der Waals surface area (Å²) in [6.07, 6.45) is 13.1. The average molecular weight is 405 g/mol. The number of hydrogen-bond acceptors (Lipinski definition) is 5. The first-order valence-electron chi connectivity index (χ1n) is 11.0. The maximum absolute atomic E-state index is 12.6. The number of ether oxygens (including phenoxy) is 1. The zero-order chi connectivity index (χ0) is 21.4. The number of ketones is 2. The Kier molecular flexibility index (Phi) is 8.84. The predicted molar refractivity (Wildman–Crippen MR) is 113 cm³/mol. The van der Waals surface area contributed by atoms with Crippen LogP contribution in [0.1, 0.15) is 85.0 Å². The molecule has 0 bridgehead atoms. The van der Waals surface area contributed by atoms with Gasteiger partial charge in [-0.3, -0.25) is 9.59 Å². The molecule has 0 aromatic heterocycles. The van der Waals surface area contributed by atoms with Gasteiger partial charge >= 0.3 is 0 Å². The van der Waals surface area contributed by atoms with E-state index < -0.39 is 23.4 Å². The van der Waals surface area contributed by atoms with Gasteiger partial charge in [0.2, 0.25) is 0 Å². The van der Waals surface area contributed by atoms with Gasteiger partial charge in [-0.2, -0.15) is 0 Å². The molecule has 0 aromatic carbocycles. The molecule has 5 nitrogen and oxygen atoms in total. The molecular formula is C24H36O5. The molecule has 3 atom stereocenters. The van der Waals surface area contributed by atoms with E-state index in [2.05, 4.69) is 6.92 Å². The van der Waals surface area contributed by atoms with Gasteiger partial charge < -0.3 is 14.9 Å². The van der Waals surface area contributed by atoms with Crippen molar-refractivity contribution < 1.29 is 24.5 Å². The van der Waals surface area contributed by atoms with Crippen LogP contribution in [-0.4, -0.2) is 33.5 Å². The summed E-state index contributed by atoms with van der Waals surface area (Å²) < 4.78 is 5.61. The van der Waals surface area contributed by atoms with Gasteiger partial charge in [-0.15, -0.1) is 0 Å². The van der Waals surface area contributed by atoms with E-state index in [1.54, 1.807) is 13.0 Å². The second-order valence-electron chi connectivity index (χ2n) is 8.63. The van der Waals surface area contributed by atoms with Crippen LogP contribution in [0.4, 0.5) is 0 Å². The number of aliphatic hydroxyl groups excluding tert-OH is 1. The molecule has 1 aliphatic heterocycles. The fourth-order valence-electron chi connectivity index (χ4n) is 3.98. The molecule has 162 valence electrons. The van der Waals surface area contributed by atoms with Crippen LogP contribution in [0.3, 0.4) is 0 Å². The first-order chi connectivity index (χ1) is 13.8. The van der Waals surface area contributed by atoms with E-state index in [0.717, 1.165) is 19.3 Å². The fraction of sp³-hybridized carbons (Fsp3) is 0.667. The van der Waals surface area contributed by atoms with Gasteiger partial charge in [0.15, 0.2) is 5.78 Å². The van der Waals surface area contributed by atoms with Crippen molar-refractivity contribution in [1.29, 1.82) is 0 Å². The van der Waals surface area contributed by atoms with E-state index in [1.807, 2.05) is 0 Å². The van der Waals surface area contributed by atoms with E-state index in [-0.39, 0.29) is 12.2 Å². The number of hydrogen-bond donors (Lipinski definition) is 2. The number of Topliss-reactive ketones (excluding diaryl/α,β-unsaturated/α-hetero) is 1. The molecule has 0 fully saturated rings. The third-order valence-corrected chi connectivity index (χ3v) is 5.81. The normalized spacial score (nSPS) is 24.8. The van der Waals surface area contributed by atoms with E-state index in [0.29, 0.717) is 29.7 Å². The molecule has 0 spiro atoms. The quantitative estimate of drug-likeness (QED) is 0.467. The number of fused-ring (bicyclic) bond motifs is 1. The molecular weight excluding hydrogens is 368 g/mol. The van der Waals surface area contributed by atoms with Crippen LogP contribution in [0.15, 0.2) is 35.3 Å². The molecule has 2 aliphatic rings. The monoisotopic (exact) mass is 404 g/mol. The number of allylic oxidation sites excluding steroid dienone is 2. The molecule has 29 heavy (non-hydrogen) atoms. The molecule has 0 amide bonds. The van der Waals surface area contributed by atoms with Gasteiger partial charge in [0.1, 0.15) is 17.1 Å². The Morgan fingerprint density at radius 3 is 2.48 bits per heavy atom. The lowest BCUT2D eigenvalue weighted by molar-refractivity contribution is -0.137. The highest BCUT2D eigenvalue weighted by atomic mass is 16.5. The van der Waals surface area contributed by atoms with Crippen molar-refractivity contribution in [2.45, 2.75) is 96.7 Å². The van der Waals surface area contributed by atoms with Crippen LogP contribution in [0.5, 0.6) is 0 Å². The molecule has 0 saturated carbocycles. The van der Waals surface area contributed by atoms with Crippen LogP contribution < -0.4 is 0 Å². The second-order valence-corrected chi connectivity index (χ2v) is 8.63. The van der Waals surface area contributed by atoms with E-state index >= 15 is 0 Å². The van der Waals surface area contributed by atoms with Crippen molar-refractivity contribution in [3.05, 3.63) is 35.3 Å². The summed E-state index contributed by atoms with van der Waals surface area (Å²) in [7, 11) is 0. The largest absolute Gasteiger partial charge is 0.469 e. The smallest absolute Gasteiger partial charge is 0.188 e. The van der Waals surface area contributed by atoms with Gasteiger partial charge in [0.25, 0.3) is 0 Å². The Balaban J connectivity index is 1.95. The Labute approximate surface area is 174 Å². The average Bonchev–Trinajstić information content (AvgIpc) is 2.64. The third kappa shape index (κ3) is 6.65. The van der Waals surface area contributed by atoms with E-state index in [9.17, 15) is 19.8 Å². The van der Waals surface area contributed by atoms with Crippen molar-refractivity contribution in [3.8, 4) is 0 Å². The molecule has 0 radical (unpaired) electrons. The van der Waals surface area contributed by atoms with E-state index in [4.69, 9.17) is 4.74 Å². The number of unbranched alkanes of at least 4 members (excludes halogenated alkanes) is 6. The summed E-state index contributed by atoms with van der Waals surface area (Å²) in [4.78, 5) is 25.1. The van der Waals surface area contributed by atoms with Crippen molar-refractivity contribution in [2.24, 2.45) is 5.92 Å². The summed E-state index contributed by atoms with van der Waals surface area (Å²) in [5.74, 6) is -0.376. The standard InChI is InChI=1S/C24H36O5/c1-4-5-6-7-8-9-10-11-19(26)15-22-21-16-29-20(12-17(2)25)13-18(21)14-23(27)24(22,3)28/h13-14,16-17,22,25,28H,4-12,15H2,1-3H3/t17-,22+,24+/m0/s1. The van der Waals surface area contributed by atoms with Crippen LogP contribution in [0.2, 0.25) is 0 Å². The lowest BCUT2D eigenvalue weighted by Crippen LogP contribution is -2.47. The summed E-state index contributed by atoms with van der Waals surface area (Å²) in [5.41, 5.74) is -0.279. The fourth-order valence-corrected chi connectivity index (χ4v) is 3.98. The summed E-state index contributed by atoms with van der Waals surface area (Å²) in [6.45, 7) is 5.34. The maximum atomic E-state index is 12.6. The molecule has 0 aromatic rings. The summed E-state index contributed by atoms with van der Waals surface area (Å²) >= 11 is 0. The minimum Gasteiger partial charge on any atom is -0.469 e. The van der Waals surface area contributed by atoms with Crippen LogP contribution in [-0.2, 0) is 14.3 Å². The second kappa shape index (κ2) is 10.9. The molecule has 2 rings (SSSR count). The molecule has 1 heterocycles. The molecule has 5 heteroatoms. The minimum absolute atomic E-state index is 0.0672. The van der Waals surface area contributed by atoms with Crippen molar-refractivity contribution in [1.82, 2.24) is 0 Å². The molecule has 0 saturated heterocycles. The predicted octanol–water partition coefficient (Wildman–Crippen LogP) is 4.53. The number of aliphatic hydroxyl groups is 2. The van der Waals surface area contributed by atoms with Crippen LogP contribution >= 0.6 is 0 Å². The third-order valence-electron chi connectivity index (χ3n) is 5.81. The Morgan fingerprint density at radius 1 is 1.17 bits per heavy atom. The van der Waals surface area contributed by atoms with Gasteiger partial charge in [-0.25, -0.2) is 0 Å². The van der Waals surface area contributed by atoms with Crippen molar-refractivity contribution in [3.63, 3.8) is 0 Å². The number of carbonyl (C=O) groups excluding carboxylic acids is 2. The minimum atomic E-state index is -1.62. The van der Waals surface area contributed by atoms with Crippen molar-refractivity contribution in [2.75, 3.05) is 0 Å². The van der Waals surface area contributed by atoms with Gasteiger partial charge in [-0.1, -0.05) is 45.4 Å². The van der Waals surface area contributed by atoms with Crippen LogP contribution in [0.25, 0.3) is 0 Å². The highest BCUT2D eigenvalue weighted by Crippen LogP contribution is 2.41. The topological polar surface area (TPSA) is 83.8 Å². The van der Waals surface area contributed by atoms with Crippen LogP contribution in [0, 0.1) is 5.92 Å². The molecule has 0 unspecified atom stereocenters. The summed E-state index contributed by atoms with van der Waals surface area (Å²) in [6, 6.07) is 0. The zero-order valence-corrected chi connectivity index (χ0v) is 18.1. The zero-order valence-electron chi connectivity index (χ0n) is 18.1. The van der Waals surface area contributed by atoms with Gasteiger partial charge in [0.05, 0.1) is 12.4 Å². The lowest BCUT2D eigenvalue weighted by atomic mass is 9.70. The number of rotatable bonds is 12. The van der Waals surface area contributed by atoms with E-state index in [1.165, 1.54) is 44.9 Å². The maximum Gasteiger partial charge on any atom is 0.188 e. The Morgan fingerprint density at radius 2 is 1.83 bits per heavy atom. The molecule has 1 aliphatic carbocycles. The van der Waals surface area contributed by atoms with Crippen molar-refractivity contribution >= 4 is 11.6 Å². The summed E-state index contributed by atoms with van der Waals surface area (Å²) in [5, 5.41) is 20.3. The Bertz CT molecular complexity index is 681. The van der Waals surface area contributed by atoms with Gasteiger partial charge in [-0.05, 0) is 38.0 Å². The SMILES string of the molecule is CCCCCCCCCC(=O)C[C@@H]1C2=COC(C[C@H](C)O)=CC2=CC(=O)[C@]1(C)O. The van der Waals surface area contributed by atoms with Gasteiger partial charge in [0, 0.05) is 30.8 Å². The first-order valence-corrected chi connectivity index (χ1v) is 11.0. The number of carbonyl (C=O) groups is 2. The lowest BCUT2D eigenvalue weighted by Gasteiger charge is -2.37. The highest BCUT2D eigenvalue weighted by molar-refractivity contribution is 6.01.